The maximum atomic E-state index is 13.1. The summed E-state index contributed by atoms with van der Waals surface area (Å²) in [5.41, 5.74) is 3.51. The van der Waals surface area contributed by atoms with Gasteiger partial charge in [-0.15, -0.1) is 0 Å². The first kappa shape index (κ1) is 27.6. The van der Waals surface area contributed by atoms with Crippen molar-refractivity contribution in [1.82, 2.24) is 9.80 Å². The van der Waals surface area contributed by atoms with E-state index in [1.807, 2.05) is 36.4 Å². The van der Waals surface area contributed by atoms with E-state index in [-0.39, 0.29) is 5.82 Å². The van der Waals surface area contributed by atoms with Gasteiger partial charge < -0.3 is 19.7 Å². The molecule has 0 unspecified atom stereocenters. The van der Waals surface area contributed by atoms with Crippen molar-refractivity contribution in [3.63, 3.8) is 0 Å². The van der Waals surface area contributed by atoms with Gasteiger partial charge in [0.25, 0.3) is 0 Å². The van der Waals surface area contributed by atoms with Crippen LogP contribution in [0.2, 0.25) is 0 Å². The normalized spacial score (nSPS) is 13.8. The van der Waals surface area contributed by atoms with Gasteiger partial charge in [-0.1, -0.05) is 48.5 Å². The van der Waals surface area contributed by atoms with Crippen LogP contribution in [-0.2, 0) is 29.3 Å². The number of halogens is 1. The minimum atomic E-state index is -1.82. The van der Waals surface area contributed by atoms with Gasteiger partial charge in [-0.3, -0.25) is 9.80 Å². The van der Waals surface area contributed by atoms with Gasteiger partial charge in [-0.2, -0.15) is 0 Å². The molecule has 2 N–H and O–H groups in total. The molecule has 9 heteroatoms. The van der Waals surface area contributed by atoms with Gasteiger partial charge in [0, 0.05) is 39.3 Å². The molecule has 1 saturated heterocycles. The van der Waals surface area contributed by atoms with E-state index in [2.05, 4.69) is 34.1 Å². The molecule has 0 aliphatic carbocycles. The van der Waals surface area contributed by atoms with Crippen molar-refractivity contribution in [3.05, 3.63) is 95.3 Å². The zero-order chi connectivity index (χ0) is 26.6. The van der Waals surface area contributed by atoms with Crippen LogP contribution in [0.1, 0.15) is 16.7 Å². The minimum absolute atomic E-state index is 0.180. The zero-order valence-corrected chi connectivity index (χ0v) is 20.7. The molecule has 4 rings (SSSR count). The maximum Gasteiger partial charge on any atom is 0.414 e. The second-order valence-corrected chi connectivity index (χ2v) is 8.55. The summed E-state index contributed by atoms with van der Waals surface area (Å²) in [7, 11) is 1.67. The molecule has 0 radical (unpaired) electrons. The van der Waals surface area contributed by atoms with E-state index in [4.69, 9.17) is 29.3 Å². The Bertz CT molecular complexity index is 1140. The van der Waals surface area contributed by atoms with Crippen molar-refractivity contribution in [2.45, 2.75) is 19.7 Å². The number of benzene rings is 3. The lowest BCUT2D eigenvalue weighted by Crippen LogP contribution is -2.45. The third kappa shape index (κ3) is 9.21. The van der Waals surface area contributed by atoms with E-state index in [1.54, 1.807) is 7.11 Å². The highest BCUT2D eigenvalue weighted by molar-refractivity contribution is 6.27. The van der Waals surface area contributed by atoms with Crippen molar-refractivity contribution >= 4 is 11.9 Å². The van der Waals surface area contributed by atoms with Crippen molar-refractivity contribution in [1.29, 1.82) is 0 Å². The lowest BCUT2D eigenvalue weighted by atomic mass is 10.1. The lowest BCUT2D eigenvalue weighted by Gasteiger charge is -2.34. The first-order valence-corrected chi connectivity index (χ1v) is 11.8. The Labute approximate surface area is 215 Å². The number of rotatable bonds is 8. The summed E-state index contributed by atoms with van der Waals surface area (Å²) in [5, 5.41) is 14.8. The monoisotopic (exact) mass is 510 g/mol. The summed E-state index contributed by atoms with van der Waals surface area (Å²) in [5.74, 6) is -2.30. The molecular weight excluding hydrogens is 479 g/mol. The summed E-state index contributed by atoms with van der Waals surface area (Å²) < 4.78 is 24.6. The molecule has 0 amide bonds. The number of hydrogen-bond acceptors (Lipinski definition) is 6. The quantitative estimate of drug-likeness (QED) is 0.441. The summed E-state index contributed by atoms with van der Waals surface area (Å²) in [6.07, 6.45) is 0. The number of carbonyl (C=O) groups is 2. The zero-order valence-electron chi connectivity index (χ0n) is 20.7. The fourth-order valence-corrected chi connectivity index (χ4v) is 3.88. The predicted molar refractivity (Wildman–Crippen MR) is 136 cm³/mol. The number of carboxylic acid groups (broad SMARTS) is 2. The number of ether oxygens (including phenoxy) is 2. The number of methoxy groups -OCH3 is 1. The average Bonchev–Trinajstić information content (AvgIpc) is 2.91. The molecule has 196 valence electrons. The summed E-state index contributed by atoms with van der Waals surface area (Å²) in [4.78, 5) is 23.1. The van der Waals surface area contributed by atoms with E-state index < -0.39 is 11.9 Å². The molecule has 37 heavy (non-hydrogen) atoms. The van der Waals surface area contributed by atoms with Crippen molar-refractivity contribution in [3.8, 4) is 11.5 Å². The Balaban J connectivity index is 0.000000568. The number of hydrogen-bond donors (Lipinski definition) is 2. The Kier molecular flexibility index (Phi) is 10.4. The van der Waals surface area contributed by atoms with Crippen LogP contribution in [0.4, 0.5) is 4.39 Å². The van der Waals surface area contributed by atoms with Crippen LogP contribution in [0.15, 0.2) is 72.8 Å². The third-order valence-electron chi connectivity index (χ3n) is 5.84. The second-order valence-electron chi connectivity index (χ2n) is 8.55. The summed E-state index contributed by atoms with van der Waals surface area (Å²) in [6, 6.07) is 23.1. The van der Waals surface area contributed by atoms with Gasteiger partial charge >= 0.3 is 11.9 Å². The van der Waals surface area contributed by atoms with Crippen molar-refractivity contribution in [2.75, 3.05) is 33.3 Å². The number of carboxylic acids is 2. The maximum absolute atomic E-state index is 13.1. The van der Waals surface area contributed by atoms with Crippen molar-refractivity contribution < 1.29 is 33.7 Å². The SMILES string of the molecule is COc1ccc(CN2CCN(Cc3ccc(F)cc3)CC2)cc1OCc1ccccc1.O=C(O)C(=O)O. The van der Waals surface area contributed by atoms with E-state index >= 15 is 0 Å². The lowest BCUT2D eigenvalue weighted by molar-refractivity contribution is -0.159. The Morgan fingerprint density at radius 1 is 0.757 bits per heavy atom. The summed E-state index contributed by atoms with van der Waals surface area (Å²) in [6.45, 7) is 6.30. The van der Waals surface area contributed by atoms with Gasteiger partial charge in [-0.25, -0.2) is 14.0 Å². The van der Waals surface area contributed by atoms with Crippen LogP contribution >= 0.6 is 0 Å². The van der Waals surface area contributed by atoms with Crippen LogP contribution in [0.3, 0.4) is 0 Å². The fraction of sp³-hybridized carbons (Fsp3) is 0.286. The number of piperazine rings is 1. The van der Waals surface area contributed by atoms with Gasteiger partial charge in [0.15, 0.2) is 11.5 Å². The largest absolute Gasteiger partial charge is 0.493 e. The molecule has 0 aromatic heterocycles. The van der Waals surface area contributed by atoms with E-state index in [9.17, 15) is 4.39 Å². The molecule has 3 aromatic carbocycles. The highest BCUT2D eigenvalue weighted by atomic mass is 19.1. The van der Waals surface area contributed by atoms with Crippen LogP contribution in [0.25, 0.3) is 0 Å². The number of nitrogens with zero attached hydrogens (tertiary/aromatic N) is 2. The molecule has 1 aliphatic heterocycles. The van der Waals surface area contributed by atoms with E-state index in [0.717, 1.165) is 61.9 Å². The van der Waals surface area contributed by atoms with Crippen LogP contribution in [-0.4, -0.2) is 65.2 Å². The highest BCUT2D eigenvalue weighted by Gasteiger charge is 2.18. The first-order valence-electron chi connectivity index (χ1n) is 11.8. The molecule has 1 heterocycles. The first-order chi connectivity index (χ1) is 17.8. The minimum Gasteiger partial charge on any atom is -0.493 e. The van der Waals surface area contributed by atoms with E-state index in [1.165, 1.54) is 17.7 Å². The molecule has 3 aromatic rings. The molecule has 0 atom stereocenters. The Hall–Kier alpha value is -3.95. The van der Waals surface area contributed by atoms with Gasteiger partial charge in [0.05, 0.1) is 7.11 Å². The predicted octanol–water partition coefficient (Wildman–Crippen LogP) is 3.89. The molecule has 8 nitrogen and oxygen atoms in total. The van der Waals surface area contributed by atoms with Crippen LogP contribution in [0, 0.1) is 5.82 Å². The van der Waals surface area contributed by atoms with Gasteiger partial charge in [0.1, 0.15) is 12.4 Å². The number of aliphatic carboxylic acids is 2. The summed E-state index contributed by atoms with van der Waals surface area (Å²) >= 11 is 0. The molecule has 0 saturated carbocycles. The highest BCUT2D eigenvalue weighted by Crippen LogP contribution is 2.29. The van der Waals surface area contributed by atoms with Crippen LogP contribution in [0.5, 0.6) is 11.5 Å². The Morgan fingerprint density at radius 2 is 1.30 bits per heavy atom. The molecule has 0 bridgehead atoms. The molecule has 0 spiro atoms. The van der Waals surface area contributed by atoms with Gasteiger partial charge in [0.2, 0.25) is 0 Å². The average molecular weight is 511 g/mol. The van der Waals surface area contributed by atoms with Crippen molar-refractivity contribution in [2.24, 2.45) is 0 Å². The molecule has 1 aliphatic rings. The Morgan fingerprint density at radius 3 is 1.84 bits per heavy atom. The fourth-order valence-electron chi connectivity index (χ4n) is 3.88. The van der Waals surface area contributed by atoms with Crippen LogP contribution < -0.4 is 9.47 Å². The molecular formula is C28H31FN2O6. The topological polar surface area (TPSA) is 99.5 Å². The second kappa shape index (κ2) is 14.0. The smallest absolute Gasteiger partial charge is 0.414 e. The standard InChI is InChI=1S/C26H29FN2O2.C2H2O4/c1-30-25-12-9-23(17-26(25)31-20-22-5-3-2-4-6-22)19-29-15-13-28(14-16-29)18-21-7-10-24(27)11-8-21;3-1(4)2(5)6/h2-12,17H,13-16,18-20H2,1H3;(H,3,4)(H,5,6). The van der Waals surface area contributed by atoms with E-state index in [0.29, 0.717) is 6.61 Å². The molecule has 1 fully saturated rings. The third-order valence-corrected chi connectivity index (χ3v) is 5.84. The van der Waals surface area contributed by atoms with Gasteiger partial charge in [-0.05, 0) is 41.0 Å².